The lowest BCUT2D eigenvalue weighted by Gasteiger charge is -2.15. The third-order valence-electron chi connectivity index (χ3n) is 3.21. The molecule has 1 aromatic carbocycles. The number of nitrogens with two attached hydrogens (primary N) is 1. The van der Waals surface area contributed by atoms with Crippen LogP contribution in [0.15, 0.2) is 18.2 Å². The van der Waals surface area contributed by atoms with E-state index >= 15 is 0 Å². The van der Waals surface area contributed by atoms with Crippen LogP contribution in [0.2, 0.25) is 5.02 Å². The van der Waals surface area contributed by atoms with Gasteiger partial charge in [0.2, 0.25) is 0 Å². The Morgan fingerprint density at radius 3 is 2.73 bits per heavy atom. The van der Waals surface area contributed by atoms with Crippen molar-refractivity contribution in [1.29, 1.82) is 0 Å². The Morgan fingerprint density at radius 2 is 2.09 bits per heavy atom. The quantitative estimate of drug-likeness (QED) is 0.684. The van der Waals surface area contributed by atoms with Gasteiger partial charge in [-0.2, -0.15) is 0 Å². The zero-order valence-electron chi connectivity index (χ0n) is 13.0. The normalized spacial score (nSPS) is 11.8. The van der Waals surface area contributed by atoms with Gasteiger partial charge in [-0.25, -0.2) is 0 Å². The summed E-state index contributed by atoms with van der Waals surface area (Å²) in [7, 11) is 0. The molecule has 2 amide bonds. The number of amides is 2. The summed E-state index contributed by atoms with van der Waals surface area (Å²) in [4.78, 5) is 23.2. The van der Waals surface area contributed by atoms with Gasteiger partial charge in [0.05, 0.1) is 5.56 Å². The van der Waals surface area contributed by atoms with Crippen molar-refractivity contribution in [2.75, 3.05) is 6.61 Å². The predicted octanol–water partition coefficient (Wildman–Crippen LogP) is 2.90. The molecular weight excluding hydrogens is 304 g/mol. The van der Waals surface area contributed by atoms with Gasteiger partial charge < -0.3 is 15.8 Å². The van der Waals surface area contributed by atoms with E-state index in [4.69, 9.17) is 22.1 Å². The molecule has 0 aromatic heterocycles. The Morgan fingerprint density at radius 1 is 1.36 bits per heavy atom. The number of primary amides is 1. The molecule has 6 heteroatoms. The molecule has 0 unspecified atom stereocenters. The topological polar surface area (TPSA) is 81.4 Å². The first-order valence-corrected chi connectivity index (χ1v) is 7.83. The van der Waals surface area contributed by atoms with E-state index in [9.17, 15) is 9.59 Å². The second-order valence-electron chi connectivity index (χ2n) is 5.26. The third kappa shape index (κ3) is 6.35. The van der Waals surface area contributed by atoms with Crippen molar-refractivity contribution in [2.24, 2.45) is 5.73 Å². The van der Waals surface area contributed by atoms with Gasteiger partial charge in [0, 0.05) is 11.1 Å². The molecule has 0 saturated carbocycles. The number of carbonyl (C=O) groups excluding carboxylic acids is 2. The summed E-state index contributed by atoms with van der Waals surface area (Å²) < 4.78 is 5.37. The highest BCUT2D eigenvalue weighted by atomic mass is 35.5. The van der Waals surface area contributed by atoms with E-state index in [-0.39, 0.29) is 29.9 Å². The maximum absolute atomic E-state index is 11.8. The molecule has 0 aliphatic heterocycles. The van der Waals surface area contributed by atoms with Crippen LogP contribution in [-0.2, 0) is 4.79 Å². The smallest absolute Gasteiger partial charge is 0.258 e. The largest absolute Gasteiger partial charge is 0.483 e. The van der Waals surface area contributed by atoms with E-state index in [1.165, 1.54) is 12.1 Å². The van der Waals surface area contributed by atoms with Gasteiger partial charge in [0.15, 0.2) is 6.61 Å². The second-order valence-corrected chi connectivity index (χ2v) is 5.69. The lowest BCUT2D eigenvalue weighted by atomic mass is 10.1. The van der Waals surface area contributed by atoms with Gasteiger partial charge in [0.1, 0.15) is 5.75 Å². The summed E-state index contributed by atoms with van der Waals surface area (Å²) in [5.41, 5.74) is 5.42. The molecule has 122 valence electrons. The molecule has 0 radical (unpaired) electrons. The molecule has 5 nitrogen and oxygen atoms in total. The number of carbonyl (C=O) groups is 2. The Kier molecular flexibility index (Phi) is 7.74. The molecule has 0 aliphatic carbocycles. The fourth-order valence-corrected chi connectivity index (χ4v) is 2.23. The molecule has 1 rings (SSSR count). The first kappa shape index (κ1) is 18.3. The van der Waals surface area contributed by atoms with Gasteiger partial charge in [-0.3, -0.25) is 9.59 Å². The second kappa shape index (κ2) is 9.30. The molecule has 0 fully saturated rings. The number of benzene rings is 1. The molecular formula is C16H23ClN2O3. The molecule has 1 atom stereocenters. The summed E-state index contributed by atoms with van der Waals surface area (Å²) >= 11 is 5.81. The average Bonchev–Trinajstić information content (AvgIpc) is 2.46. The number of halogens is 1. The molecule has 0 bridgehead atoms. The van der Waals surface area contributed by atoms with Crippen molar-refractivity contribution in [3.05, 3.63) is 28.8 Å². The highest BCUT2D eigenvalue weighted by molar-refractivity contribution is 6.31. The molecule has 0 saturated heterocycles. The van der Waals surface area contributed by atoms with Gasteiger partial charge >= 0.3 is 0 Å². The van der Waals surface area contributed by atoms with Crippen LogP contribution in [-0.4, -0.2) is 24.5 Å². The average molecular weight is 327 g/mol. The van der Waals surface area contributed by atoms with Crippen molar-refractivity contribution >= 4 is 23.4 Å². The van der Waals surface area contributed by atoms with Crippen LogP contribution in [0.1, 0.15) is 49.9 Å². The summed E-state index contributed by atoms with van der Waals surface area (Å²) in [6.07, 6.45) is 4.33. The monoisotopic (exact) mass is 326 g/mol. The summed E-state index contributed by atoms with van der Waals surface area (Å²) in [5.74, 6) is -0.620. The fourth-order valence-electron chi connectivity index (χ4n) is 2.05. The fraction of sp³-hybridized carbons (Fsp3) is 0.500. The zero-order chi connectivity index (χ0) is 16.5. The Balaban J connectivity index is 2.49. The Labute approximate surface area is 136 Å². The standard InChI is InChI=1S/C16H23ClN2O3/c1-3-4-5-6-11(2)19-15(20)10-22-14-8-7-12(17)9-13(14)16(18)21/h7-9,11H,3-6,10H2,1-2H3,(H2,18,21)(H,19,20)/t11-/m1/s1. The van der Waals surface area contributed by atoms with Crippen molar-refractivity contribution in [3.8, 4) is 5.75 Å². The minimum absolute atomic E-state index is 0.100. The molecule has 22 heavy (non-hydrogen) atoms. The van der Waals surface area contributed by atoms with Crippen LogP contribution in [0.25, 0.3) is 0 Å². The molecule has 3 N–H and O–H groups in total. The number of nitrogens with one attached hydrogen (secondary N) is 1. The van der Waals surface area contributed by atoms with E-state index in [2.05, 4.69) is 12.2 Å². The number of rotatable bonds is 9. The maximum Gasteiger partial charge on any atom is 0.258 e. The van der Waals surface area contributed by atoms with Gasteiger partial charge in [-0.15, -0.1) is 0 Å². The highest BCUT2D eigenvalue weighted by Gasteiger charge is 2.13. The molecule has 1 aromatic rings. The maximum atomic E-state index is 11.8. The lowest BCUT2D eigenvalue weighted by molar-refractivity contribution is -0.123. The van der Waals surface area contributed by atoms with Gasteiger partial charge in [-0.05, 0) is 31.5 Å². The number of hydrogen-bond acceptors (Lipinski definition) is 3. The zero-order valence-corrected chi connectivity index (χ0v) is 13.8. The van der Waals surface area contributed by atoms with Crippen LogP contribution in [0.3, 0.4) is 0 Å². The highest BCUT2D eigenvalue weighted by Crippen LogP contribution is 2.22. The number of hydrogen-bond donors (Lipinski definition) is 2. The van der Waals surface area contributed by atoms with Crippen LogP contribution < -0.4 is 15.8 Å². The van der Waals surface area contributed by atoms with Crippen LogP contribution >= 0.6 is 11.6 Å². The van der Waals surface area contributed by atoms with E-state index in [1.807, 2.05) is 6.92 Å². The summed E-state index contributed by atoms with van der Waals surface area (Å²) in [6, 6.07) is 4.63. The minimum atomic E-state index is -0.647. The van der Waals surface area contributed by atoms with Gasteiger partial charge in [-0.1, -0.05) is 37.8 Å². The number of ether oxygens (including phenoxy) is 1. The Bertz CT molecular complexity index is 520. The van der Waals surface area contributed by atoms with E-state index in [0.29, 0.717) is 5.02 Å². The van der Waals surface area contributed by atoms with Crippen molar-refractivity contribution in [3.63, 3.8) is 0 Å². The van der Waals surface area contributed by atoms with Crippen molar-refractivity contribution < 1.29 is 14.3 Å². The van der Waals surface area contributed by atoms with Crippen molar-refractivity contribution in [1.82, 2.24) is 5.32 Å². The first-order valence-electron chi connectivity index (χ1n) is 7.45. The minimum Gasteiger partial charge on any atom is -0.483 e. The van der Waals surface area contributed by atoms with Crippen LogP contribution in [0, 0.1) is 0 Å². The van der Waals surface area contributed by atoms with E-state index < -0.39 is 5.91 Å². The SMILES string of the molecule is CCCCC[C@@H](C)NC(=O)COc1ccc(Cl)cc1C(N)=O. The molecule has 0 aliphatic rings. The third-order valence-corrected chi connectivity index (χ3v) is 3.45. The van der Waals surface area contributed by atoms with Crippen LogP contribution in [0.5, 0.6) is 5.75 Å². The van der Waals surface area contributed by atoms with E-state index in [0.717, 1.165) is 25.7 Å². The first-order chi connectivity index (χ1) is 10.4. The number of unbranched alkanes of at least 4 members (excludes halogenated alkanes) is 2. The van der Waals surface area contributed by atoms with Crippen molar-refractivity contribution in [2.45, 2.75) is 45.6 Å². The molecule has 0 spiro atoms. The van der Waals surface area contributed by atoms with Gasteiger partial charge in [0.25, 0.3) is 11.8 Å². The molecule has 0 heterocycles. The van der Waals surface area contributed by atoms with E-state index in [1.54, 1.807) is 6.07 Å². The van der Waals surface area contributed by atoms with Crippen LogP contribution in [0.4, 0.5) is 0 Å². The summed E-state index contributed by atoms with van der Waals surface area (Å²) in [6.45, 7) is 3.93. The lowest BCUT2D eigenvalue weighted by Crippen LogP contribution is -2.36. The Hall–Kier alpha value is -1.75. The summed E-state index contributed by atoms with van der Waals surface area (Å²) in [5, 5.41) is 3.25. The predicted molar refractivity (Wildman–Crippen MR) is 87.2 cm³/mol.